The van der Waals surface area contributed by atoms with E-state index in [2.05, 4.69) is 156 Å². The minimum absolute atomic E-state index is 0.0563. The van der Waals surface area contributed by atoms with Crippen molar-refractivity contribution in [1.82, 2.24) is 0 Å². The second kappa shape index (κ2) is 8.18. The van der Waals surface area contributed by atoms with Crippen molar-refractivity contribution in [3.05, 3.63) is 137 Å². The largest absolute Gasteiger partial charge is 0.310 e. The number of halogens is 1. The molecule has 1 aliphatic carbocycles. The molecule has 7 aromatic rings. The first-order valence-electron chi connectivity index (χ1n) is 13.5. The molecule has 1 aliphatic rings. The number of hydrogen-bond donors (Lipinski definition) is 0. The van der Waals surface area contributed by atoms with Crippen molar-refractivity contribution in [2.45, 2.75) is 19.3 Å². The van der Waals surface area contributed by atoms with Gasteiger partial charge in [0, 0.05) is 26.6 Å². The van der Waals surface area contributed by atoms with Gasteiger partial charge in [0.1, 0.15) is 0 Å². The minimum Gasteiger partial charge on any atom is -0.310 e. The van der Waals surface area contributed by atoms with Crippen molar-refractivity contribution < 1.29 is 0 Å². The lowest BCUT2D eigenvalue weighted by Crippen LogP contribution is -2.16. The Morgan fingerprint density at radius 1 is 0.538 bits per heavy atom. The zero-order valence-electron chi connectivity index (χ0n) is 21.9. The first-order chi connectivity index (χ1) is 19.0. The number of fused-ring (bicyclic) bond motifs is 3. The van der Waals surface area contributed by atoms with Gasteiger partial charge in [-0.05, 0) is 85.6 Å². The summed E-state index contributed by atoms with van der Waals surface area (Å²) in [6.45, 7) is 4.70. The highest BCUT2D eigenvalue weighted by Crippen LogP contribution is 2.51. The molecule has 0 saturated heterocycles. The van der Waals surface area contributed by atoms with Gasteiger partial charge in [-0.2, -0.15) is 0 Å². The third-order valence-corrected chi connectivity index (χ3v) is 9.36. The molecule has 8 rings (SSSR count). The fraction of sp³-hybridized carbons (Fsp3) is 0.0811. The Labute approximate surface area is 236 Å². The second-order valence-corrected chi connectivity index (χ2v) is 12.0. The molecule has 0 spiro atoms. The topological polar surface area (TPSA) is 3.24 Å². The van der Waals surface area contributed by atoms with Crippen LogP contribution in [0.3, 0.4) is 0 Å². The average Bonchev–Trinajstić information content (AvgIpc) is 3.20. The molecular weight excluding hydrogens is 538 g/mol. The van der Waals surface area contributed by atoms with Gasteiger partial charge >= 0.3 is 0 Å². The van der Waals surface area contributed by atoms with Crippen molar-refractivity contribution in [2.75, 3.05) is 4.90 Å². The van der Waals surface area contributed by atoms with E-state index in [9.17, 15) is 0 Å². The summed E-state index contributed by atoms with van der Waals surface area (Å²) in [5.41, 5.74) is 8.94. The molecule has 7 aromatic carbocycles. The highest BCUT2D eigenvalue weighted by molar-refractivity contribution is 9.10. The molecule has 0 bridgehead atoms. The highest BCUT2D eigenvalue weighted by atomic mass is 79.9. The molecule has 0 heterocycles. The van der Waals surface area contributed by atoms with Crippen LogP contribution in [0.2, 0.25) is 0 Å². The summed E-state index contributed by atoms with van der Waals surface area (Å²) in [4.78, 5) is 2.43. The van der Waals surface area contributed by atoms with Crippen LogP contribution in [0.1, 0.15) is 25.0 Å². The number of para-hydroxylation sites is 1. The van der Waals surface area contributed by atoms with Crippen molar-refractivity contribution in [3.63, 3.8) is 0 Å². The van der Waals surface area contributed by atoms with Crippen molar-refractivity contribution in [2.24, 2.45) is 0 Å². The summed E-state index contributed by atoms with van der Waals surface area (Å²) < 4.78 is 1.13. The normalized spacial score (nSPS) is 13.7. The third-order valence-electron chi connectivity index (χ3n) is 8.67. The van der Waals surface area contributed by atoms with E-state index in [4.69, 9.17) is 0 Å². The average molecular weight is 565 g/mol. The lowest BCUT2D eigenvalue weighted by Gasteiger charge is -2.29. The maximum absolute atomic E-state index is 3.80. The molecule has 1 nitrogen and oxygen atoms in total. The molecule has 39 heavy (non-hydrogen) atoms. The lowest BCUT2D eigenvalue weighted by molar-refractivity contribution is 0.660. The zero-order valence-corrected chi connectivity index (χ0v) is 23.5. The molecule has 0 N–H and O–H groups in total. The first kappa shape index (κ1) is 22.8. The van der Waals surface area contributed by atoms with Crippen molar-refractivity contribution in [1.29, 1.82) is 0 Å². The molecule has 0 atom stereocenters. The van der Waals surface area contributed by atoms with Gasteiger partial charge in [0.15, 0.2) is 0 Å². The number of rotatable bonds is 3. The summed E-state index contributed by atoms with van der Waals surface area (Å²) >= 11 is 3.80. The Morgan fingerprint density at radius 2 is 1.18 bits per heavy atom. The van der Waals surface area contributed by atoms with Crippen LogP contribution in [0.5, 0.6) is 0 Å². The van der Waals surface area contributed by atoms with E-state index in [0.29, 0.717) is 0 Å². The van der Waals surface area contributed by atoms with E-state index in [-0.39, 0.29) is 5.41 Å². The lowest BCUT2D eigenvalue weighted by atomic mass is 9.82. The molecule has 0 saturated carbocycles. The second-order valence-electron chi connectivity index (χ2n) is 11.1. The summed E-state index contributed by atoms with van der Waals surface area (Å²) in [7, 11) is 0. The Bertz CT molecular complexity index is 2050. The van der Waals surface area contributed by atoms with Crippen molar-refractivity contribution >= 4 is 65.3 Å². The van der Waals surface area contributed by atoms with Gasteiger partial charge in [-0.1, -0.05) is 115 Å². The molecule has 0 aliphatic heterocycles. The molecule has 0 aromatic heterocycles. The smallest absolute Gasteiger partial charge is 0.0540 e. The summed E-state index contributed by atoms with van der Waals surface area (Å²) in [6, 6.07) is 44.6. The van der Waals surface area contributed by atoms with E-state index in [0.717, 1.165) is 10.2 Å². The maximum Gasteiger partial charge on any atom is 0.0540 e. The maximum atomic E-state index is 3.80. The highest BCUT2D eigenvalue weighted by Gasteiger charge is 2.35. The quantitative estimate of drug-likeness (QED) is 0.193. The van der Waals surface area contributed by atoms with E-state index in [1.54, 1.807) is 0 Å². The monoisotopic (exact) mass is 563 g/mol. The van der Waals surface area contributed by atoms with Crippen molar-refractivity contribution in [3.8, 4) is 11.1 Å². The van der Waals surface area contributed by atoms with Gasteiger partial charge in [-0.15, -0.1) is 0 Å². The molecule has 0 amide bonds. The predicted octanol–water partition coefficient (Wildman–Crippen LogP) is 11.1. The van der Waals surface area contributed by atoms with Gasteiger partial charge in [0.2, 0.25) is 0 Å². The molecular formula is C37H26BrN. The number of benzene rings is 7. The van der Waals surface area contributed by atoms with E-state index in [1.807, 2.05) is 0 Å². The standard InChI is InChI=1S/C37H26BrN/c1-37(2)31-11-7-6-10-27(31)28-19-16-26(22-32(28)37)39(25-8-4-3-5-9-25)34-21-15-24-12-17-29-33(38)20-14-23-13-18-30(34)36(24)35(23)29/h3-22H,1-2H3. The van der Waals surface area contributed by atoms with Crippen LogP contribution in [0.15, 0.2) is 126 Å². The van der Waals surface area contributed by atoms with Crippen LogP contribution in [0, 0.1) is 0 Å². The van der Waals surface area contributed by atoms with E-state index >= 15 is 0 Å². The third kappa shape index (κ3) is 3.19. The van der Waals surface area contributed by atoms with E-state index in [1.165, 1.54) is 65.9 Å². The summed E-state index contributed by atoms with van der Waals surface area (Å²) in [5.74, 6) is 0. The van der Waals surface area contributed by atoms with Gasteiger partial charge in [0.05, 0.1) is 5.69 Å². The van der Waals surface area contributed by atoms with Crippen LogP contribution in [0.4, 0.5) is 17.1 Å². The molecule has 0 fully saturated rings. The molecule has 0 unspecified atom stereocenters. The Kier molecular flexibility index (Phi) is 4.78. The zero-order chi connectivity index (χ0) is 26.3. The van der Waals surface area contributed by atoms with Crippen LogP contribution in [-0.4, -0.2) is 0 Å². The van der Waals surface area contributed by atoms with Gasteiger partial charge in [0.25, 0.3) is 0 Å². The molecule has 0 radical (unpaired) electrons. The molecule has 2 heteroatoms. The van der Waals surface area contributed by atoms with Gasteiger partial charge in [-0.25, -0.2) is 0 Å². The van der Waals surface area contributed by atoms with Gasteiger partial charge in [-0.3, -0.25) is 0 Å². The predicted molar refractivity (Wildman–Crippen MR) is 170 cm³/mol. The van der Waals surface area contributed by atoms with Crippen LogP contribution < -0.4 is 4.90 Å². The number of nitrogens with zero attached hydrogens (tertiary/aromatic N) is 1. The summed E-state index contributed by atoms with van der Waals surface area (Å²) in [5, 5.41) is 7.69. The Hall–Kier alpha value is -4.14. The SMILES string of the molecule is CC1(C)c2ccccc2-c2ccc(N(c3ccccc3)c3ccc4ccc5c(Br)ccc6ccc3c4c65)cc21. The summed E-state index contributed by atoms with van der Waals surface area (Å²) in [6.07, 6.45) is 0. The Morgan fingerprint density at radius 3 is 2.00 bits per heavy atom. The fourth-order valence-electron chi connectivity index (χ4n) is 6.78. The Balaban J connectivity index is 1.42. The van der Waals surface area contributed by atoms with Crippen LogP contribution in [0.25, 0.3) is 43.4 Å². The first-order valence-corrected chi connectivity index (χ1v) is 14.3. The minimum atomic E-state index is -0.0563. The van der Waals surface area contributed by atoms with Crippen LogP contribution in [-0.2, 0) is 5.41 Å². The number of hydrogen-bond acceptors (Lipinski definition) is 1. The fourth-order valence-corrected chi connectivity index (χ4v) is 7.24. The molecule has 186 valence electrons. The number of anilines is 3. The van der Waals surface area contributed by atoms with E-state index < -0.39 is 0 Å². The van der Waals surface area contributed by atoms with Gasteiger partial charge < -0.3 is 4.90 Å². The van der Waals surface area contributed by atoms with Crippen LogP contribution >= 0.6 is 15.9 Å².